The van der Waals surface area contributed by atoms with Crippen LogP contribution >= 0.6 is 0 Å². The molecule has 0 spiro atoms. The number of aliphatic hydroxyl groups is 1. The van der Waals surface area contributed by atoms with E-state index in [1.165, 1.54) is 11.1 Å². The summed E-state index contributed by atoms with van der Waals surface area (Å²) in [6, 6.07) is 6.17. The maximum absolute atomic E-state index is 10.0. The highest BCUT2D eigenvalue weighted by molar-refractivity contribution is 5.34. The molecule has 0 aliphatic carbocycles. The Morgan fingerprint density at radius 3 is 2.38 bits per heavy atom. The molecule has 2 heteroatoms. The first kappa shape index (κ1) is 8.73. The van der Waals surface area contributed by atoms with Crippen LogP contribution in [0.3, 0.4) is 0 Å². The third-order valence-corrected chi connectivity index (χ3v) is 2.88. The molecule has 70 valence electrons. The van der Waals surface area contributed by atoms with E-state index in [2.05, 4.69) is 31.3 Å². The fourth-order valence-electron chi connectivity index (χ4n) is 1.60. The molecule has 1 aliphatic rings. The summed E-state index contributed by atoms with van der Waals surface area (Å²) in [6.45, 7) is 5.52. The summed E-state index contributed by atoms with van der Waals surface area (Å²) in [5.41, 5.74) is 2.95. The number of β-amino-alcohol motifs (C(OH)–C–C–N with tert-alkyl or cyclic N) is 1. The lowest BCUT2D eigenvalue weighted by Gasteiger charge is -2.38. The zero-order valence-corrected chi connectivity index (χ0v) is 8.09. The Morgan fingerprint density at radius 1 is 1.23 bits per heavy atom. The second kappa shape index (κ2) is 2.82. The summed E-state index contributed by atoms with van der Waals surface area (Å²) in [7, 11) is 0. The monoisotopic (exact) mass is 177 g/mol. The highest BCUT2D eigenvalue weighted by Crippen LogP contribution is 2.26. The minimum absolute atomic E-state index is 0.613. The molecule has 13 heavy (non-hydrogen) atoms. The lowest BCUT2D eigenvalue weighted by Crippen LogP contribution is -2.56. The van der Waals surface area contributed by atoms with E-state index >= 15 is 0 Å². The molecule has 1 heterocycles. The van der Waals surface area contributed by atoms with Crippen LogP contribution in [0, 0.1) is 13.8 Å². The smallest absolute Gasteiger partial charge is 0.114 e. The maximum atomic E-state index is 10.0. The first-order chi connectivity index (χ1) is 6.12. The average molecular weight is 177 g/mol. The van der Waals surface area contributed by atoms with Crippen molar-refractivity contribution in [2.45, 2.75) is 19.4 Å². The van der Waals surface area contributed by atoms with Crippen LogP contribution in [0.1, 0.15) is 16.7 Å². The lowest BCUT2D eigenvalue weighted by atomic mass is 9.87. The number of aryl methyl sites for hydroxylation is 2. The molecule has 0 atom stereocenters. The van der Waals surface area contributed by atoms with E-state index in [0.717, 1.165) is 5.56 Å². The predicted octanol–water partition coefficient (Wildman–Crippen LogP) is 1.09. The van der Waals surface area contributed by atoms with Crippen LogP contribution < -0.4 is 5.32 Å². The second-order valence-corrected chi connectivity index (χ2v) is 3.93. The van der Waals surface area contributed by atoms with E-state index in [0.29, 0.717) is 13.1 Å². The molecule has 1 saturated heterocycles. The summed E-state index contributed by atoms with van der Waals surface area (Å²) in [5, 5.41) is 13.1. The standard InChI is InChI=1S/C11H15NO/c1-8-3-4-10(5-9(8)2)11(13)6-12-7-11/h3-5,12-13H,6-7H2,1-2H3. The van der Waals surface area contributed by atoms with Gasteiger partial charge < -0.3 is 10.4 Å². The van der Waals surface area contributed by atoms with Gasteiger partial charge in [0.05, 0.1) is 0 Å². The molecule has 0 saturated carbocycles. The van der Waals surface area contributed by atoms with Crippen molar-refractivity contribution in [3.05, 3.63) is 34.9 Å². The van der Waals surface area contributed by atoms with Crippen molar-refractivity contribution in [3.8, 4) is 0 Å². The molecule has 0 radical (unpaired) electrons. The van der Waals surface area contributed by atoms with E-state index in [4.69, 9.17) is 0 Å². The van der Waals surface area contributed by atoms with Crippen LogP contribution in [0.4, 0.5) is 0 Å². The third kappa shape index (κ3) is 1.36. The van der Waals surface area contributed by atoms with Gasteiger partial charge in [-0.2, -0.15) is 0 Å². The van der Waals surface area contributed by atoms with E-state index in [1.54, 1.807) is 0 Å². The Hall–Kier alpha value is -0.860. The van der Waals surface area contributed by atoms with Gasteiger partial charge in [-0.15, -0.1) is 0 Å². The van der Waals surface area contributed by atoms with E-state index in [9.17, 15) is 5.11 Å². The molecule has 1 aromatic rings. The van der Waals surface area contributed by atoms with Crippen LogP contribution in [0.25, 0.3) is 0 Å². The van der Waals surface area contributed by atoms with Gasteiger partial charge in [-0.1, -0.05) is 18.2 Å². The maximum Gasteiger partial charge on any atom is 0.114 e. The molecular formula is C11H15NO. The number of nitrogens with one attached hydrogen (secondary N) is 1. The van der Waals surface area contributed by atoms with Crippen LogP contribution in [0.15, 0.2) is 18.2 Å². The van der Waals surface area contributed by atoms with Crippen molar-refractivity contribution in [1.29, 1.82) is 0 Å². The number of benzene rings is 1. The van der Waals surface area contributed by atoms with Crippen LogP contribution in [-0.4, -0.2) is 18.2 Å². The topological polar surface area (TPSA) is 32.3 Å². The zero-order valence-electron chi connectivity index (χ0n) is 8.09. The zero-order chi connectivity index (χ0) is 9.47. The van der Waals surface area contributed by atoms with E-state index in [1.807, 2.05) is 6.07 Å². The van der Waals surface area contributed by atoms with Gasteiger partial charge in [0.25, 0.3) is 0 Å². The van der Waals surface area contributed by atoms with Crippen LogP contribution in [-0.2, 0) is 5.60 Å². The molecule has 0 unspecified atom stereocenters. The largest absolute Gasteiger partial charge is 0.382 e. The molecule has 1 fully saturated rings. The first-order valence-electron chi connectivity index (χ1n) is 4.63. The molecule has 2 nitrogen and oxygen atoms in total. The van der Waals surface area contributed by atoms with Gasteiger partial charge in [0.2, 0.25) is 0 Å². The molecule has 2 rings (SSSR count). The molecule has 1 aromatic carbocycles. The van der Waals surface area contributed by atoms with Gasteiger partial charge in [0.1, 0.15) is 5.60 Å². The first-order valence-corrected chi connectivity index (χ1v) is 4.63. The van der Waals surface area contributed by atoms with Crippen molar-refractivity contribution in [3.63, 3.8) is 0 Å². The molecule has 0 amide bonds. The summed E-state index contributed by atoms with van der Waals surface area (Å²) in [5.74, 6) is 0. The van der Waals surface area contributed by atoms with Gasteiger partial charge in [-0.05, 0) is 30.5 Å². The Labute approximate surface area is 78.6 Å². The highest BCUT2D eigenvalue weighted by Gasteiger charge is 2.35. The van der Waals surface area contributed by atoms with Crippen LogP contribution in [0.5, 0.6) is 0 Å². The normalized spacial score (nSPS) is 19.6. The predicted molar refractivity (Wildman–Crippen MR) is 52.7 cm³/mol. The molecule has 0 aromatic heterocycles. The summed E-state index contributed by atoms with van der Waals surface area (Å²) in [4.78, 5) is 0. The fourth-order valence-corrected chi connectivity index (χ4v) is 1.60. The van der Waals surface area contributed by atoms with Crippen molar-refractivity contribution < 1.29 is 5.11 Å². The Morgan fingerprint density at radius 2 is 1.92 bits per heavy atom. The fraction of sp³-hybridized carbons (Fsp3) is 0.455. The van der Waals surface area contributed by atoms with Gasteiger partial charge >= 0.3 is 0 Å². The Bertz CT molecular complexity index is 329. The van der Waals surface area contributed by atoms with Crippen molar-refractivity contribution in [2.24, 2.45) is 0 Å². The van der Waals surface area contributed by atoms with Crippen molar-refractivity contribution >= 4 is 0 Å². The molecule has 2 N–H and O–H groups in total. The van der Waals surface area contributed by atoms with Gasteiger partial charge in [0.15, 0.2) is 0 Å². The minimum atomic E-state index is -0.613. The van der Waals surface area contributed by atoms with E-state index < -0.39 is 5.60 Å². The molecular weight excluding hydrogens is 162 g/mol. The van der Waals surface area contributed by atoms with Gasteiger partial charge in [0, 0.05) is 13.1 Å². The summed E-state index contributed by atoms with van der Waals surface area (Å²) in [6.07, 6.45) is 0. The summed E-state index contributed by atoms with van der Waals surface area (Å²) < 4.78 is 0. The van der Waals surface area contributed by atoms with Gasteiger partial charge in [-0.3, -0.25) is 0 Å². The number of hydrogen-bond donors (Lipinski definition) is 2. The summed E-state index contributed by atoms with van der Waals surface area (Å²) >= 11 is 0. The Balaban J connectivity index is 2.36. The molecule has 0 bridgehead atoms. The minimum Gasteiger partial charge on any atom is -0.382 e. The van der Waals surface area contributed by atoms with Crippen molar-refractivity contribution in [2.75, 3.05) is 13.1 Å². The SMILES string of the molecule is Cc1ccc(C2(O)CNC2)cc1C. The third-order valence-electron chi connectivity index (χ3n) is 2.88. The number of rotatable bonds is 1. The van der Waals surface area contributed by atoms with Crippen LogP contribution in [0.2, 0.25) is 0 Å². The molecule has 1 aliphatic heterocycles. The van der Waals surface area contributed by atoms with E-state index in [-0.39, 0.29) is 0 Å². The van der Waals surface area contributed by atoms with Crippen molar-refractivity contribution in [1.82, 2.24) is 5.32 Å². The average Bonchev–Trinajstić information content (AvgIpc) is 2.06. The van der Waals surface area contributed by atoms with Gasteiger partial charge in [-0.25, -0.2) is 0 Å². The lowest BCUT2D eigenvalue weighted by molar-refractivity contribution is -0.0147. The second-order valence-electron chi connectivity index (χ2n) is 3.93. The highest BCUT2D eigenvalue weighted by atomic mass is 16.3. The quantitative estimate of drug-likeness (QED) is 0.673. The Kier molecular flexibility index (Phi) is 1.90. The number of hydrogen-bond acceptors (Lipinski definition) is 2.